The van der Waals surface area contributed by atoms with Crippen molar-refractivity contribution in [3.8, 4) is 17.2 Å². The van der Waals surface area contributed by atoms with E-state index in [-0.39, 0.29) is 18.0 Å². The summed E-state index contributed by atoms with van der Waals surface area (Å²) in [7, 11) is 1.52. The Bertz CT molecular complexity index is 1160. The van der Waals surface area contributed by atoms with Gasteiger partial charge in [0.1, 0.15) is 5.75 Å². The van der Waals surface area contributed by atoms with Crippen LogP contribution < -0.4 is 9.47 Å². The average molecular weight is 446 g/mol. The van der Waals surface area contributed by atoms with Crippen molar-refractivity contribution in [2.75, 3.05) is 13.7 Å². The smallest absolute Gasteiger partial charge is 0.310 e. The molecule has 3 aromatic carbocycles. The Balaban J connectivity index is 1.49. The predicted octanol–water partition coefficient (Wildman–Crippen LogP) is 4.46. The highest BCUT2D eigenvalue weighted by Crippen LogP contribution is 2.41. The molecule has 2 N–H and O–H groups in total. The maximum absolute atomic E-state index is 13.2. The monoisotopic (exact) mass is 446 g/mol. The fraction of sp³-hybridized carbons (Fsp3) is 0.259. The van der Waals surface area contributed by atoms with Crippen LogP contribution in [0.25, 0.3) is 0 Å². The lowest BCUT2D eigenvalue weighted by Gasteiger charge is -2.23. The number of phenolic OH excluding ortho intramolecular Hbond substituents is 1. The molecule has 3 aromatic rings. The molecule has 33 heavy (non-hydrogen) atoms. The maximum atomic E-state index is 13.2. The van der Waals surface area contributed by atoms with Gasteiger partial charge in [0.25, 0.3) is 0 Å². The van der Waals surface area contributed by atoms with Crippen LogP contribution in [0.1, 0.15) is 33.5 Å². The van der Waals surface area contributed by atoms with Crippen LogP contribution >= 0.6 is 0 Å². The molecule has 0 fully saturated rings. The predicted molar refractivity (Wildman–Crippen MR) is 123 cm³/mol. The molecule has 0 amide bonds. The fourth-order valence-corrected chi connectivity index (χ4v) is 4.41. The van der Waals surface area contributed by atoms with Crippen molar-refractivity contribution in [3.05, 3.63) is 89.0 Å². The zero-order valence-corrected chi connectivity index (χ0v) is 18.4. The van der Waals surface area contributed by atoms with Crippen molar-refractivity contribution in [1.29, 1.82) is 0 Å². The molecule has 1 aliphatic carbocycles. The zero-order chi connectivity index (χ0) is 23.4. The molecule has 0 saturated heterocycles. The van der Waals surface area contributed by atoms with E-state index in [4.69, 9.17) is 9.47 Å². The molecule has 170 valence electrons. The van der Waals surface area contributed by atoms with Crippen molar-refractivity contribution in [2.45, 2.75) is 25.7 Å². The molecule has 4 rings (SSSR count). The van der Waals surface area contributed by atoms with Gasteiger partial charge in [-0.15, -0.1) is 0 Å². The Labute approximate surface area is 192 Å². The van der Waals surface area contributed by atoms with Crippen LogP contribution in [-0.4, -0.2) is 35.7 Å². The third-order valence-corrected chi connectivity index (χ3v) is 6.17. The molecule has 0 unspecified atom stereocenters. The quantitative estimate of drug-likeness (QED) is 0.471. The molecule has 0 spiro atoms. The summed E-state index contributed by atoms with van der Waals surface area (Å²) >= 11 is 0. The minimum absolute atomic E-state index is 0.0912. The number of hydrogen-bond acceptors (Lipinski definition) is 5. The van der Waals surface area contributed by atoms with Crippen LogP contribution in [0.5, 0.6) is 17.2 Å². The Morgan fingerprint density at radius 1 is 0.939 bits per heavy atom. The molecule has 0 aromatic heterocycles. The van der Waals surface area contributed by atoms with E-state index in [9.17, 15) is 19.8 Å². The first-order valence-corrected chi connectivity index (χ1v) is 10.8. The van der Waals surface area contributed by atoms with E-state index >= 15 is 0 Å². The van der Waals surface area contributed by atoms with Gasteiger partial charge in [-0.1, -0.05) is 36.4 Å². The first-order valence-electron chi connectivity index (χ1n) is 10.8. The summed E-state index contributed by atoms with van der Waals surface area (Å²) in [6.45, 7) is 0.325. The van der Waals surface area contributed by atoms with E-state index in [1.54, 1.807) is 36.4 Å². The fourth-order valence-electron chi connectivity index (χ4n) is 4.41. The Hall–Kier alpha value is -3.80. The summed E-state index contributed by atoms with van der Waals surface area (Å²) in [5.74, 6) is -0.0980. The zero-order valence-electron chi connectivity index (χ0n) is 18.4. The number of benzene rings is 3. The van der Waals surface area contributed by atoms with Crippen LogP contribution in [-0.2, 0) is 24.1 Å². The Morgan fingerprint density at radius 3 is 2.30 bits per heavy atom. The van der Waals surface area contributed by atoms with Gasteiger partial charge >= 0.3 is 5.97 Å². The highest BCUT2D eigenvalue weighted by atomic mass is 16.5. The third-order valence-electron chi connectivity index (χ3n) is 6.17. The van der Waals surface area contributed by atoms with Gasteiger partial charge in [-0.3, -0.25) is 9.59 Å². The summed E-state index contributed by atoms with van der Waals surface area (Å²) in [6, 6.07) is 19.5. The Kier molecular flexibility index (Phi) is 6.36. The van der Waals surface area contributed by atoms with Crippen molar-refractivity contribution in [1.82, 2.24) is 0 Å². The van der Waals surface area contributed by atoms with Gasteiger partial charge in [-0.2, -0.15) is 0 Å². The van der Waals surface area contributed by atoms with Crippen LogP contribution in [0.15, 0.2) is 66.7 Å². The SMILES string of the molecule is COc1ccc(C(=O)CC2(C(=O)O)Cc3ccccc3C2)cc1OCCc1cccc(O)c1. The minimum atomic E-state index is -1.14. The molecular formula is C27H26O6. The van der Waals surface area contributed by atoms with E-state index in [2.05, 4.69) is 0 Å². The Morgan fingerprint density at radius 2 is 1.67 bits per heavy atom. The van der Waals surface area contributed by atoms with Gasteiger partial charge in [-0.25, -0.2) is 0 Å². The molecule has 0 heterocycles. The van der Waals surface area contributed by atoms with Crippen LogP contribution in [0.2, 0.25) is 0 Å². The number of fused-ring (bicyclic) bond motifs is 1. The number of hydrogen-bond donors (Lipinski definition) is 2. The molecule has 0 radical (unpaired) electrons. The number of carbonyl (C=O) groups excluding carboxylic acids is 1. The molecular weight excluding hydrogens is 420 g/mol. The summed E-state index contributed by atoms with van der Waals surface area (Å²) in [4.78, 5) is 25.4. The summed E-state index contributed by atoms with van der Waals surface area (Å²) in [5.41, 5.74) is 2.14. The van der Waals surface area contributed by atoms with Gasteiger partial charge in [0, 0.05) is 18.4 Å². The largest absolute Gasteiger partial charge is 0.508 e. The number of ketones is 1. The molecule has 0 atom stereocenters. The van der Waals surface area contributed by atoms with Crippen LogP contribution in [0, 0.1) is 5.41 Å². The summed E-state index contributed by atoms with van der Waals surface area (Å²) < 4.78 is 11.2. The van der Waals surface area contributed by atoms with Crippen LogP contribution in [0.3, 0.4) is 0 Å². The molecule has 0 bridgehead atoms. The number of Topliss-reactive ketones (excluding diaryl/α,β-unsaturated/α-hetero) is 1. The lowest BCUT2D eigenvalue weighted by molar-refractivity contribution is -0.148. The lowest BCUT2D eigenvalue weighted by Crippen LogP contribution is -2.34. The van der Waals surface area contributed by atoms with Crippen molar-refractivity contribution >= 4 is 11.8 Å². The number of carbonyl (C=O) groups is 2. The second-order valence-corrected chi connectivity index (χ2v) is 8.44. The molecule has 0 saturated carbocycles. The highest BCUT2D eigenvalue weighted by Gasteiger charge is 2.45. The van der Waals surface area contributed by atoms with E-state index in [0.29, 0.717) is 42.9 Å². The molecule has 6 nitrogen and oxygen atoms in total. The maximum Gasteiger partial charge on any atom is 0.310 e. The standard InChI is InChI=1S/C27H26O6/c1-32-24-10-9-19(14-25(24)33-12-11-18-5-4-8-22(28)13-18)23(29)17-27(26(30)31)15-20-6-2-3-7-21(20)16-27/h2-10,13-14,28H,11-12,15-17H2,1H3,(H,30,31). The first kappa shape index (κ1) is 22.4. The number of carboxylic acid groups (broad SMARTS) is 1. The van der Waals surface area contributed by atoms with Crippen molar-refractivity contribution in [3.63, 3.8) is 0 Å². The number of rotatable bonds is 9. The number of aromatic hydroxyl groups is 1. The van der Waals surface area contributed by atoms with Gasteiger partial charge in [-0.05, 0) is 59.9 Å². The van der Waals surface area contributed by atoms with E-state index in [0.717, 1.165) is 16.7 Å². The van der Waals surface area contributed by atoms with Gasteiger partial charge < -0.3 is 19.7 Å². The van der Waals surface area contributed by atoms with E-state index in [1.807, 2.05) is 30.3 Å². The van der Waals surface area contributed by atoms with Gasteiger partial charge in [0.15, 0.2) is 17.3 Å². The minimum Gasteiger partial charge on any atom is -0.508 e. The van der Waals surface area contributed by atoms with Crippen molar-refractivity contribution in [2.24, 2.45) is 5.41 Å². The van der Waals surface area contributed by atoms with Crippen LogP contribution in [0.4, 0.5) is 0 Å². The topological polar surface area (TPSA) is 93.1 Å². The normalized spacial score (nSPS) is 13.8. The molecule has 0 aliphatic heterocycles. The third kappa shape index (κ3) is 4.85. The number of phenols is 1. The molecule has 6 heteroatoms. The second kappa shape index (κ2) is 9.36. The van der Waals surface area contributed by atoms with Crippen molar-refractivity contribution < 1.29 is 29.3 Å². The van der Waals surface area contributed by atoms with E-state index in [1.165, 1.54) is 7.11 Å². The second-order valence-electron chi connectivity index (χ2n) is 8.44. The number of aliphatic carboxylic acids is 1. The average Bonchev–Trinajstić information content (AvgIpc) is 3.18. The highest BCUT2D eigenvalue weighted by molar-refractivity contribution is 5.99. The van der Waals surface area contributed by atoms with Gasteiger partial charge in [0.2, 0.25) is 0 Å². The first-order chi connectivity index (χ1) is 15.9. The molecule has 1 aliphatic rings. The number of carboxylic acids is 1. The summed E-state index contributed by atoms with van der Waals surface area (Å²) in [6.07, 6.45) is 1.16. The summed E-state index contributed by atoms with van der Waals surface area (Å²) in [5, 5.41) is 19.6. The van der Waals surface area contributed by atoms with Gasteiger partial charge in [0.05, 0.1) is 19.1 Å². The lowest BCUT2D eigenvalue weighted by atomic mass is 9.79. The number of methoxy groups -OCH3 is 1. The number of ether oxygens (including phenoxy) is 2. The van der Waals surface area contributed by atoms with E-state index < -0.39 is 11.4 Å².